The third-order valence-corrected chi connectivity index (χ3v) is 3.52. The van der Waals surface area contributed by atoms with E-state index in [0.717, 1.165) is 12.0 Å². The first-order valence-corrected chi connectivity index (χ1v) is 7.41. The molecular formula is C17H15ClO4. The molecule has 2 aromatic carbocycles. The molecule has 0 saturated heterocycles. The molecule has 0 aromatic heterocycles. The van der Waals surface area contributed by atoms with Gasteiger partial charge in [0.2, 0.25) is 0 Å². The number of rotatable bonds is 3. The molecule has 0 fully saturated rings. The van der Waals surface area contributed by atoms with Crippen LogP contribution in [0.15, 0.2) is 42.5 Å². The number of esters is 1. The van der Waals surface area contributed by atoms with Gasteiger partial charge < -0.3 is 14.2 Å². The molecule has 5 heteroatoms. The Morgan fingerprint density at radius 1 is 1.05 bits per heavy atom. The number of fused-ring (bicyclic) bond motifs is 1. The van der Waals surface area contributed by atoms with Crippen LogP contribution in [0, 0.1) is 0 Å². The van der Waals surface area contributed by atoms with Gasteiger partial charge in [-0.15, -0.1) is 0 Å². The lowest BCUT2D eigenvalue weighted by Crippen LogP contribution is -2.06. The first-order valence-electron chi connectivity index (χ1n) is 7.03. The Morgan fingerprint density at radius 3 is 2.55 bits per heavy atom. The second-order valence-electron chi connectivity index (χ2n) is 4.91. The molecule has 1 heterocycles. The van der Waals surface area contributed by atoms with E-state index < -0.39 is 5.97 Å². The van der Waals surface area contributed by atoms with Crippen molar-refractivity contribution < 1.29 is 19.0 Å². The number of carbonyl (C=O) groups is 1. The van der Waals surface area contributed by atoms with E-state index >= 15 is 0 Å². The van der Waals surface area contributed by atoms with E-state index in [2.05, 4.69) is 0 Å². The molecule has 0 unspecified atom stereocenters. The summed E-state index contributed by atoms with van der Waals surface area (Å²) in [6.45, 7) is 1.40. The summed E-state index contributed by atoms with van der Waals surface area (Å²) in [5, 5.41) is 0.651. The second-order valence-corrected chi connectivity index (χ2v) is 5.35. The Balaban J connectivity index is 1.67. The summed E-state index contributed by atoms with van der Waals surface area (Å²) in [5.74, 6) is 0.843. The standard InChI is InChI=1S/C17H15ClO4/c18-14-5-2-12(3-6-14)11-22-17(19)13-4-7-15-16(10-13)21-9-1-8-20-15/h2-7,10H,1,8-9,11H2. The van der Waals surface area contributed by atoms with Gasteiger partial charge in [0.15, 0.2) is 11.5 Å². The smallest absolute Gasteiger partial charge is 0.338 e. The topological polar surface area (TPSA) is 44.8 Å². The molecule has 0 radical (unpaired) electrons. The SMILES string of the molecule is O=C(OCc1ccc(Cl)cc1)c1ccc2c(c1)OCCCO2. The maximum Gasteiger partial charge on any atom is 0.338 e. The first-order chi connectivity index (χ1) is 10.7. The van der Waals surface area contributed by atoms with E-state index in [1.807, 2.05) is 12.1 Å². The maximum atomic E-state index is 12.1. The van der Waals surface area contributed by atoms with Crippen LogP contribution >= 0.6 is 11.6 Å². The minimum atomic E-state index is -0.398. The van der Waals surface area contributed by atoms with Gasteiger partial charge in [-0.05, 0) is 35.9 Å². The lowest BCUT2D eigenvalue weighted by atomic mass is 10.2. The molecule has 2 aromatic rings. The van der Waals surface area contributed by atoms with Gasteiger partial charge in [-0.1, -0.05) is 23.7 Å². The van der Waals surface area contributed by atoms with E-state index in [1.54, 1.807) is 30.3 Å². The summed E-state index contributed by atoms with van der Waals surface area (Å²) >= 11 is 5.82. The minimum Gasteiger partial charge on any atom is -0.490 e. The fourth-order valence-corrected chi connectivity index (χ4v) is 2.23. The molecule has 0 N–H and O–H groups in total. The van der Waals surface area contributed by atoms with Gasteiger partial charge in [-0.3, -0.25) is 0 Å². The molecule has 4 nitrogen and oxygen atoms in total. The van der Waals surface area contributed by atoms with Crippen molar-refractivity contribution >= 4 is 17.6 Å². The third-order valence-electron chi connectivity index (χ3n) is 3.27. The summed E-state index contributed by atoms with van der Waals surface area (Å²) in [6, 6.07) is 12.2. The molecule has 0 saturated carbocycles. The Morgan fingerprint density at radius 2 is 1.77 bits per heavy atom. The van der Waals surface area contributed by atoms with Crippen molar-refractivity contribution in [3.63, 3.8) is 0 Å². The summed E-state index contributed by atoms with van der Waals surface area (Å²) in [6.07, 6.45) is 0.824. The first kappa shape index (κ1) is 14.7. The largest absolute Gasteiger partial charge is 0.490 e. The number of carbonyl (C=O) groups excluding carboxylic acids is 1. The van der Waals surface area contributed by atoms with Gasteiger partial charge in [0.1, 0.15) is 6.61 Å². The Labute approximate surface area is 133 Å². The van der Waals surface area contributed by atoms with Crippen LogP contribution in [0.5, 0.6) is 11.5 Å². The Kier molecular flexibility index (Phi) is 4.49. The van der Waals surface area contributed by atoms with Crippen molar-refractivity contribution in [3.8, 4) is 11.5 Å². The molecule has 22 heavy (non-hydrogen) atoms. The van der Waals surface area contributed by atoms with Crippen LogP contribution in [0.3, 0.4) is 0 Å². The number of benzene rings is 2. The van der Waals surface area contributed by atoms with Crippen LogP contribution in [0.4, 0.5) is 0 Å². The highest BCUT2D eigenvalue weighted by Gasteiger charge is 2.15. The number of halogens is 1. The van der Waals surface area contributed by atoms with Crippen LogP contribution in [-0.2, 0) is 11.3 Å². The third kappa shape index (κ3) is 3.52. The molecule has 0 atom stereocenters. The van der Waals surface area contributed by atoms with Crippen molar-refractivity contribution in [2.75, 3.05) is 13.2 Å². The molecule has 0 aliphatic carbocycles. The van der Waals surface area contributed by atoms with Crippen LogP contribution in [0.1, 0.15) is 22.3 Å². The average Bonchev–Trinajstić information content (AvgIpc) is 2.78. The van der Waals surface area contributed by atoms with Gasteiger partial charge in [-0.2, -0.15) is 0 Å². The van der Waals surface area contributed by atoms with Crippen molar-refractivity contribution in [3.05, 3.63) is 58.6 Å². The number of hydrogen-bond donors (Lipinski definition) is 0. The molecule has 0 spiro atoms. The minimum absolute atomic E-state index is 0.199. The van der Waals surface area contributed by atoms with Gasteiger partial charge in [0.05, 0.1) is 18.8 Å². The van der Waals surface area contributed by atoms with Gasteiger partial charge in [-0.25, -0.2) is 4.79 Å². The predicted molar refractivity (Wildman–Crippen MR) is 82.6 cm³/mol. The maximum absolute atomic E-state index is 12.1. The molecule has 1 aliphatic heterocycles. The highest BCUT2D eigenvalue weighted by atomic mass is 35.5. The fourth-order valence-electron chi connectivity index (χ4n) is 2.10. The highest BCUT2D eigenvalue weighted by molar-refractivity contribution is 6.30. The van der Waals surface area contributed by atoms with Gasteiger partial charge in [0, 0.05) is 11.4 Å². The Bertz CT molecular complexity index is 667. The van der Waals surface area contributed by atoms with Crippen molar-refractivity contribution in [1.82, 2.24) is 0 Å². The zero-order valence-electron chi connectivity index (χ0n) is 11.9. The second kappa shape index (κ2) is 6.71. The van der Waals surface area contributed by atoms with Crippen molar-refractivity contribution in [2.45, 2.75) is 13.0 Å². The van der Waals surface area contributed by atoms with E-state index in [0.29, 0.717) is 35.3 Å². The number of ether oxygens (including phenoxy) is 3. The van der Waals surface area contributed by atoms with Crippen molar-refractivity contribution in [1.29, 1.82) is 0 Å². The van der Waals surface area contributed by atoms with Crippen LogP contribution < -0.4 is 9.47 Å². The van der Waals surface area contributed by atoms with E-state index in [-0.39, 0.29) is 6.61 Å². The number of hydrogen-bond acceptors (Lipinski definition) is 4. The summed E-state index contributed by atoms with van der Waals surface area (Å²) < 4.78 is 16.4. The molecule has 0 amide bonds. The normalized spacial score (nSPS) is 13.3. The molecule has 0 bridgehead atoms. The molecule has 114 valence electrons. The van der Waals surface area contributed by atoms with Crippen LogP contribution in [0.2, 0.25) is 5.02 Å². The monoisotopic (exact) mass is 318 g/mol. The van der Waals surface area contributed by atoms with Gasteiger partial charge in [0.25, 0.3) is 0 Å². The molecule has 1 aliphatic rings. The lowest BCUT2D eigenvalue weighted by molar-refractivity contribution is 0.0472. The van der Waals surface area contributed by atoms with E-state index in [4.69, 9.17) is 25.8 Å². The summed E-state index contributed by atoms with van der Waals surface area (Å²) in [4.78, 5) is 12.1. The average molecular weight is 319 g/mol. The Hall–Kier alpha value is -2.20. The summed E-state index contributed by atoms with van der Waals surface area (Å²) in [5.41, 5.74) is 1.32. The molecule has 3 rings (SSSR count). The van der Waals surface area contributed by atoms with Gasteiger partial charge >= 0.3 is 5.97 Å². The zero-order chi connectivity index (χ0) is 15.4. The molecular weight excluding hydrogens is 304 g/mol. The van der Waals surface area contributed by atoms with Crippen molar-refractivity contribution in [2.24, 2.45) is 0 Å². The van der Waals surface area contributed by atoms with E-state index in [9.17, 15) is 4.79 Å². The summed E-state index contributed by atoms with van der Waals surface area (Å²) in [7, 11) is 0. The highest BCUT2D eigenvalue weighted by Crippen LogP contribution is 2.30. The quantitative estimate of drug-likeness (QED) is 0.806. The fraction of sp³-hybridized carbons (Fsp3) is 0.235. The predicted octanol–water partition coefficient (Wildman–Crippen LogP) is 3.86. The van der Waals surface area contributed by atoms with E-state index in [1.165, 1.54) is 0 Å². The lowest BCUT2D eigenvalue weighted by Gasteiger charge is -2.09. The zero-order valence-corrected chi connectivity index (χ0v) is 12.6. The van der Waals surface area contributed by atoms with Crippen LogP contribution in [-0.4, -0.2) is 19.2 Å². The van der Waals surface area contributed by atoms with Crippen LogP contribution in [0.25, 0.3) is 0 Å².